The Morgan fingerprint density at radius 1 is 1.30 bits per heavy atom. The number of hydrogen-bond donors (Lipinski definition) is 1. The summed E-state index contributed by atoms with van der Waals surface area (Å²) in [5, 5.41) is 3.74. The van der Waals surface area contributed by atoms with Crippen molar-refractivity contribution in [3.63, 3.8) is 0 Å². The molecule has 2 aliphatic rings. The molecule has 0 spiro atoms. The molecule has 1 N–H and O–H groups in total. The SMILES string of the molecule is CCCNC1CC2CCCC(C1)N2CCc1ccco1. The van der Waals surface area contributed by atoms with E-state index in [0.29, 0.717) is 0 Å². The average molecular weight is 276 g/mol. The molecule has 2 aliphatic heterocycles. The molecule has 3 heterocycles. The first-order valence-electron chi connectivity index (χ1n) is 8.38. The van der Waals surface area contributed by atoms with Gasteiger partial charge in [-0.2, -0.15) is 0 Å². The van der Waals surface area contributed by atoms with Crippen LogP contribution in [-0.4, -0.2) is 36.1 Å². The first kappa shape index (κ1) is 14.2. The topological polar surface area (TPSA) is 28.4 Å². The maximum Gasteiger partial charge on any atom is 0.105 e. The molecular formula is C17H28N2O. The number of hydrogen-bond acceptors (Lipinski definition) is 3. The van der Waals surface area contributed by atoms with Crippen molar-refractivity contribution < 1.29 is 4.42 Å². The minimum Gasteiger partial charge on any atom is -0.469 e. The molecule has 3 rings (SSSR count). The lowest BCUT2D eigenvalue weighted by atomic mass is 9.81. The molecule has 1 aromatic rings. The third-order valence-corrected chi connectivity index (χ3v) is 5.01. The second-order valence-electron chi connectivity index (χ2n) is 6.43. The van der Waals surface area contributed by atoms with E-state index >= 15 is 0 Å². The Bertz CT molecular complexity index is 376. The predicted molar refractivity (Wildman–Crippen MR) is 81.9 cm³/mol. The Balaban J connectivity index is 1.55. The van der Waals surface area contributed by atoms with Crippen molar-refractivity contribution in [2.75, 3.05) is 13.1 Å². The zero-order valence-electron chi connectivity index (χ0n) is 12.7. The first-order chi connectivity index (χ1) is 9.86. The molecule has 0 radical (unpaired) electrons. The van der Waals surface area contributed by atoms with Crippen molar-refractivity contribution in [2.24, 2.45) is 0 Å². The number of piperidine rings is 2. The lowest BCUT2D eigenvalue weighted by molar-refractivity contribution is 0.0247. The van der Waals surface area contributed by atoms with E-state index in [1.807, 2.05) is 6.07 Å². The molecule has 0 aromatic carbocycles. The number of nitrogens with one attached hydrogen (secondary N) is 1. The van der Waals surface area contributed by atoms with Crippen LogP contribution in [0.25, 0.3) is 0 Å². The molecule has 0 saturated carbocycles. The summed E-state index contributed by atoms with van der Waals surface area (Å²) in [6.45, 7) is 4.60. The summed E-state index contributed by atoms with van der Waals surface area (Å²) in [6, 6.07) is 6.45. The highest BCUT2D eigenvalue weighted by Crippen LogP contribution is 2.34. The maximum atomic E-state index is 5.48. The van der Waals surface area contributed by atoms with Crippen molar-refractivity contribution in [1.29, 1.82) is 0 Å². The zero-order valence-corrected chi connectivity index (χ0v) is 12.7. The Morgan fingerprint density at radius 3 is 2.75 bits per heavy atom. The van der Waals surface area contributed by atoms with Crippen molar-refractivity contribution in [1.82, 2.24) is 10.2 Å². The van der Waals surface area contributed by atoms with Gasteiger partial charge in [-0.15, -0.1) is 0 Å². The molecule has 0 amide bonds. The highest BCUT2D eigenvalue weighted by atomic mass is 16.3. The van der Waals surface area contributed by atoms with Crippen LogP contribution in [0.1, 0.15) is 51.2 Å². The Morgan fingerprint density at radius 2 is 2.10 bits per heavy atom. The summed E-state index contributed by atoms with van der Waals surface area (Å²) in [7, 11) is 0. The average Bonchev–Trinajstić information content (AvgIpc) is 2.95. The second-order valence-corrected chi connectivity index (χ2v) is 6.43. The van der Waals surface area contributed by atoms with Crippen LogP contribution in [0.2, 0.25) is 0 Å². The van der Waals surface area contributed by atoms with Gasteiger partial charge >= 0.3 is 0 Å². The van der Waals surface area contributed by atoms with Crippen LogP contribution in [0.5, 0.6) is 0 Å². The van der Waals surface area contributed by atoms with Crippen LogP contribution in [0.3, 0.4) is 0 Å². The molecule has 3 heteroatoms. The van der Waals surface area contributed by atoms with Crippen LogP contribution in [0.15, 0.2) is 22.8 Å². The molecular weight excluding hydrogens is 248 g/mol. The maximum absolute atomic E-state index is 5.48. The first-order valence-corrected chi connectivity index (χ1v) is 8.38. The summed E-state index contributed by atoms with van der Waals surface area (Å²) in [5.74, 6) is 1.13. The van der Waals surface area contributed by atoms with Crippen molar-refractivity contribution in [3.05, 3.63) is 24.2 Å². The highest BCUT2D eigenvalue weighted by Gasteiger charge is 2.37. The van der Waals surface area contributed by atoms with Gasteiger partial charge in [-0.05, 0) is 50.8 Å². The van der Waals surface area contributed by atoms with E-state index in [1.165, 1.54) is 51.6 Å². The number of rotatable bonds is 6. The lowest BCUT2D eigenvalue weighted by Crippen LogP contribution is -2.56. The van der Waals surface area contributed by atoms with Gasteiger partial charge in [0.2, 0.25) is 0 Å². The van der Waals surface area contributed by atoms with E-state index in [0.717, 1.165) is 30.3 Å². The van der Waals surface area contributed by atoms with Gasteiger partial charge in [0.25, 0.3) is 0 Å². The Hall–Kier alpha value is -0.800. The largest absolute Gasteiger partial charge is 0.469 e. The minimum absolute atomic E-state index is 0.755. The van der Waals surface area contributed by atoms with Crippen molar-refractivity contribution in [2.45, 2.75) is 70.0 Å². The van der Waals surface area contributed by atoms with E-state index in [4.69, 9.17) is 4.42 Å². The van der Waals surface area contributed by atoms with Gasteiger partial charge in [-0.1, -0.05) is 13.3 Å². The van der Waals surface area contributed by atoms with Crippen LogP contribution in [0.4, 0.5) is 0 Å². The monoisotopic (exact) mass is 276 g/mol. The summed E-state index contributed by atoms with van der Waals surface area (Å²) >= 11 is 0. The van der Waals surface area contributed by atoms with Gasteiger partial charge in [0.05, 0.1) is 6.26 Å². The molecule has 2 atom stereocenters. The number of fused-ring (bicyclic) bond motifs is 2. The Labute approximate surface area is 122 Å². The second kappa shape index (κ2) is 6.77. The molecule has 0 aliphatic carbocycles. The van der Waals surface area contributed by atoms with E-state index in [2.05, 4.69) is 23.2 Å². The summed E-state index contributed by atoms with van der Waals surface area (Å²) in [6.07, 6.45) is 11.0. The molecule has 112 valence electrons. The van der Waals surface area contributed by atoms with E-state index in [-0.39, 0.29) is 0 Å². The van der Waals surface area contributed by atoms with E-state index in [9.17, 15) is 0 Å². The van der Waals surface area contributed by atoms with E-state index < -0.39 is 0 Å². The normalized spacial score (nSPS) is 30.6. The minimum atomic E-state index is 0.755. The summed E-state index contributed by atoms with van der Waals surface area (Å²) < 4.78 is 5.48. The fraction of sp³-hybridized carbons (Fsp3) is 0.765. The predicted octanol–water partition coefficient (Wildman–Crippen LogP) is 3.21. The van der Waals surface area contributed by atoms with Gasteiger partial charge in [0, 0.05) is 31.1 Å². The summed E-state index contributed by atoms with van der Waals surface area (Å²) in [5.41, 5.74) is 0. The van der Waals surface area contributed by atoms with E-state index in [1.54, 1.807) is 6.26 Å². The van der Waals surface area contributed by atoms with Gasteiger partial charge in [0.15, 0.2) is 0 Å². The molecule has 20 heavy (non-hydrogen) atoms. The molecule has 1 aromatic heterocycles. The van der Waals surface area contributed by atoms with Gasteiger partial charge in [-0.3, -0.25) is 4.90 Å². The van der Waals surface area contributed by atoms with Crippen LogP contribution in [-0.2, 0) is 6.42 Å². The van der Waals surface area contributed by atoms with Crippen LogP contribution >= 0.6 is 0 Å². The van der Waals surface area contributed by atoms with Gasteiger partial charge in [-0.25, -0.2) is 0 Å². The van der Waals surface area contributed by atoms with Gasteiger partial charge < -0.3 is 9.73 Å². The third kappa shape index (κ3) is 3.26. The Kier molecular flexibility index (Phi) is 4.79. The molecule has 2 fully saturated rings. The fourth-order valence-corrected chi connectivity index (χ4v) is 4.05. The fourth-order valence-electron chi connectivity index (χ4n) is 4.05. The molecule has 2 saturated heterocycles. The summed E-state index contributed by atoms with van der Waals surface area (Å²) in [4.78, 5) is 2.77. The number of furan rings is 1. The number of nitrogens with zero attached hydrogens (tertiary/aromatic N) is 1. The van der Waals surface area contributed by atoms with Crippen LogP contribution < -0.4 is 5.32 Å². The molecule has 2 unspecified atom stereocenters. The standard InChI is InChI=1S/C17H28N2O/c1-2-9-18-14-12-15-5-3-6-16(13-14)19(15)10-8-17-7-4-11-20-17/h4,7,11,14-16,18H,2-3,5-6,8-10,12-13H2,1H3. The van der Waals surface area contributed by atoms with Crippen LogP contribution in [0, 0.1) is 0 Å². The quantitative estimate of drug-likeness (QED) is 0.865. The highest BCUT2D eigenvalue weighted by molar-refractivity contribution is 5.01. The molecule has 3 nitrogen and oxygen atoms in total. The van der Waals surface area contributed by atoms with Crippen molar-refractivity contribution in [3.8, 4) is 0 Å². The van der Waals surface area contributed by atoms with Gasteiger partial charge in [0.1, 0.15) is 5.76 Å². The molecule has 2 bridgehead atoms. The smallest absolute Gasteiger partial charge is 0.105 e. The lowest BCUT2D eigenvalue weighted by Gasteiger charge is -2.49. The third-order valence-electron chi connectivity index (χ3n) is 5.01. The zero-order chi connectivity index (χ0) is 13.8. The van der Waals surface area contributed by atoms with Crippen molar-refractivity contribution >= 4 is 0 Å².